The van der Waals surface area contributed by atoms with Crippen molar-refractivity contribution in [1.82, 2.24) is 0 Å². The molecule has 4 atom stereocenters. The van der Waals surface area contributed by atoms with Gasteiger partial charge in [0.15, 0.2) is 5.79 Å². The first-order valence-corrected chi connectivity index (χ1v) is 7.24. The Balaban J connectivity index is 2.24. The number of nitrogens with zero attached hydrogens (tertiary/aromatic N) is 3. The number of ether oxygens (including phenoxy) is 2. The van der Waals surface area contributed by atoms with Crippen LogP contribution >= 0.6 is 0 Å². The van der Waals surface area contributed by atoms with Crippen molar-refractivity contribution >= 4 is 5.97 Å². The van der Waals surface area contributed by atoms with Crippen molar-refractivity contribution in [2.24, 2.45) is 22.4 Å². The van der Waals surface area contributed by atoms with Gasteiger partial charge in [0.2, 0.25) is 0 Å². The van der Waals surface area contributed by atoms with E-state index < -0.39 is 17.8 Å². The first kappa shape index (κ1) is 16.1. The molecule has 7 heteroatoms. The third kappa shape index (κ3) is 3.48. The van der Waals surface area contributed by atoms with Crippen LogP contribution in [0, 0.1) is 17.3 Å². The largest absolute Gasteiger partial charge is 0.481 e. The molecule has 1 saturated carbocycles. The molecule has 118 valence electrons. The molecule has 0 spiro atoms. The van der Waals surface area contributed by atoms with Gasteiger partial charge in [-0.15, -0.1) is 0 Å². The summed E-state index contributed by atoms with van der Waals surface area (Å²) in [6.45, 7) is 8.37. The van der Waals surface area contributed by atoms with Gasteiger partial charge in [-0.1, -0.05) is 19.0 Å². The van der Waals surface area contributed by atoms with Crippen molar-refractivity contribution in [3.05, 3.63) is 10.4 Å². The van der Waals surface area contributed by atoms with E-state index in [0.717, 1.165) is 6.42 Å². The van der Waals surface area contributed by atoms with Crippen LogP contribution in [0.2, 0.25) is 0 Å². The van der Waals surface area contributed by atoms with Crippen molar-refractivity contribution in [3.63, 3.8) is 0 Å². The normalized spacial score (nSPS) is 35.1. The molecular formula is C14H23N3O4. The standard InChI is InChI=1S/C14H23N3O4/c1-13(2)5-8(10-7-20-14(3,4)21-10)9(6-13)11(12(18)19)16-17-15/h8-11H,5-7H2,1-4H3,(H,18,19)/t8?,9?,10-,11+/m1/s1. The van der Waals surface area contributed by atoms with E-state index in [0.29, 0.717) is 13.0 Å². The second kappa shape index (κ2) is 5.48. The van der Waals surface area contributed by atoms with Crippen LogP contribution in [0.25, 0.3) is 10.4 Å². The van der Waals surface area contributed by atoms with Gasteiger partial charge in [0, 0.05) is 4.91 Å². The molecule has 1 heterocycles. The molecular weight excluding hydrogens is 274 g/mol. The van der Waals surface area contributed by atoms with Gasteiger partial charge >= 0.3 is 5.97 Å². The Hall–Kier alpha value is -1.30. The average Bonchev–Trinajstić information content (AvgIpc) is 2.85. The summed E-state index contributed by atoms with van der Waals surface area (Å²) in [4.78, 5) is 14.1. The number of azide groups is 1. The zero-order valence-electron chi connectivity index (χ0n) is 12.9. The fourth-order valence-electron chi connectivity index (χ4n) is 3.72. The molecule has 0 bridgehead atoms. The molecule has 2 unspecified atom stereocenters. The lowest BCUT2D eigenvalue weighted by Crippen LogP contribution is -2.36. The Bertz CT molecular complexity index is 469. The maximum Gasteiger partial charge on any atom is 0.312 e. The van der Waals surface area contributed by atoms with Crippen LogP contribution < -0.4 is 0 Å². The molecule has 2 rings (SSSR count). The number of carboxylic acid groups (broad SMARTS) is 1. The van der Waals surface area contributed by atoms with Crippen molar-refractivity contribution in [3.8, 4) is 0 Å². The third-order valence-corrected chi connectivity index (χ3v) is 4.47. The highest BCUT2D eigenvalue weighted by Crippen LogP contribution is 2.50. The molecule has 0 aromatic carbocycles. The van der Waals surface area contributed by atoms with E-state index in [4.69, 9.17) is 15.0 Å². The quantitative estimate of drug-likeness (QED) is 0.489. The number of rotatable bonds is 4. The Morgan fingerprint density at radius 1 is 1.38 bits per heavy atom. The average molecular weight is 297 g/mol. The summed E-state index contributed by atoms with van der Waals surface area (Å²) in [5, 5.41) is 12.9. The first-order valence-electron chi connectivity index (χ1n) is 7.24. The van der Waals surface area contributed by atoms with E-state index in [1.54, 1.807) is 0 Å². The van der Waals surface area contributed by atoms with Gasteiger partial charge in [0.05, 0.1) is 12.7 Å². The number of carboxylic acids is 1. The number of aliphatic carboxylic acids is 1. The molecule has 0 aromatic rings. The molecule has 2 fully saturated rings. The molecule has 1 saturated heterocycles. The van der Waals surface area contributed by atoms with E-state index in [1.165, 1.54) is 0 Å². The highest BCUT2D eigenvalue weighted by molar-refractivity contribution is 5.74. The lowest BCUT2D eigenvalue weighted by atomic mass is 9.85. The zero-order chi connectivity index (χ0) is 15.8. The Morgan fingerprint density at radius 2 is 2.05 bits per heavy atom. The van der Waals surface area contributed by atoms with Crippen LogP contribution in [-0.2, 0) is 14.3 Å². The summed E-state index contributed by atoms with van der Waals surface area (Å²) < 4.78 is 11.5. The number of hydrogen-bond acceptors (Lipinski definition) is 4. The summed E-state index contributed by atoms with van der Waals surface area (Å²) in [7, 11) is 0. The highest BCUT2D eigenvalue weighted by atomic mass is 16.7. The highest BCUT2D eigenvalue weighted by Gasteiger charge is 2.51. The maximum absolute atomic E-state index is 11.4. The predicted octanol–water partition coefficient (Wildman–Crippen LogP) is 2.95. The van der Waals surface area contributed by atoms with Crippen LogP contribution in [0.3, 0.4) is 0 Å². The van der Waals surface area contributed by atoms with Gasteiger partial charge in [-0.3, -0.25) is 4.79 Å². The van der Waals surface area contributed by atoms with Gasteiger partial charge < -0.3 is 14.6 Å². The Kier molecular flexibility index (Phi) is 4.19. The predicted molar refractivity (Wildman–Crippen MR) is 75.5 cm³/mol. The van der Waals surface area contributed by atoms with Gasteiger partial charge in [-0.25, -0.2) is 0 Å². The topological polar surface area (TPSA) is 105 Å². The van der Waals surface area contributed by atoms with E-state index in [1.807, 2.05) is 13.8 Å². The summed E-state index contributed by atoms with van der Waals surface area (Å²) >= 11 is 0. The third-order valence-electron chi connectivity index (χ3n) is 4.47. The maximum atomic E-state index is 11.4. The first-order chi connectivity index (χ1) is 9.65. The SMILES string of the molecule is CC1(C)CC([C@H](N=[N+]=[N-])C(=O)O)C([C@H]2COC(C)(C)O2)C1. The van der Waals surface area contributed by atoms with Crippen molar-refractivity contribution in [2.75, 3.05) is 6.61 Å². The van der Waals surface area contributed by atoms with Crippen LogP contribution in [0.15, 0.2) is 5.11 Å². The molecule has 21 heavy (non-hydrogen) atoms. The van der Waals surface area contributed by atoms with Crippen molar-refractivity contribution in [2.45, 2.75) is 58.5 Å². The van der Waals surface area contributed by atoms with Crippen LogP contribution in [-0.4, -0.2) is 35.6 Å². The van der Waals surface area contributed by atoms with Gasteiger partial charge in [0.25, 0.3) is 0 Å². The molecule has 7 nitrogen and oxygen atoms in total. The minimum absolute atomic E-state index is 0.00407. The van der Waals surface area contributed by atoms with Gasteiger partial charge in [-0.2, -0.15) is 0 Å². The second-order valence-electron chi connectivity index (χ2n) is 7.26. The summed E-state index contributed by atoms with van der Waals surface area (Å²) in [6.07, 6.45) is 1.39. The van der Waals surface area contributed by atoms with Crippen molar-refractivity contribution in [1.29, 1.82) is 0 Å². The molecule has 0 amide bonds. The lowest BCUT2D eigenvalue weighted by Gasteiger charge is -2.27. The Morgan fingerprint density at radius 3 is 2.52 bits per heavy atom. The van der Waals surface area contributed by atoms with E-state index in [-0.39, 0.29) is 23.4 Å². The minimum Gasteiger partial charge on any atom is -0.481 e. The fourth-order valence-corrected chi connectivity index (χ4v) is 3.72. The van der Waals surface area contributed by atoms with Gasteiger partial charge in [-0.05, 0) is 49.5 Å². The summed E-state index contributed by atoms with van der Waals surface area (Å²) in [5.41, 5.74) is 8.65. The molecule has 1 aliphatic heterocycles. The van der Waals surface area contributed by atoms with E-state index >= 15 is 0 Å². The fraction of sp³-hybridized carbons (Fsp3) is 0.929. The zero-order valence-corrected chi connectivity index (χ0v) is 12.9. The second-order valence-corrected chi connectivity index (χ2v) is 7.26. The Labute approximate surface area is 124 Å². The van der Waals surface area contributed by atoms with Crippen LogP contribution in [0.5, 0.6) is 0 Å². The summed E-state index contributed by atoms with van der Waals surface area (Å²) in [5.74, 6) is -1.91. The lowest BCUT2D eigenvalue weighted by molar-refractivity contribution is -0.148. The molecule has 1 aliphatic carbocycles. The number of carbonyl (C=O) groups is 1. The monoisotopic (exact) mass is 297 g/mol. The van der Waals surface area contributed by atoms with E-state index in [2.05, 4.69) is 23.9 Å². The smallest absolute Gasteiger partial charge is 0.312 e. The van der Waals surface area contributed by atoms with Gasteiger partial charge in [0.1, 0.15) is 6.04 Å². The molecule has 0 radical (unpaired) electrons. The molecule has 1 N–H and O–H groups in total. The van der Waals surface area contributed by atoms with Crippen LogP contribution in [0.4, 0.5) is 0 Å². The molecule has 0 aromatic heterocycles. The molecule has 2 aliphatic rings. The number of hydrogen-bond donors (Lipinski definition) is 1. The van der Waals surface area contributed by atoms with E-state index in [9.17, 15) is 9.90 Å². The van der Waals surface area contributed by atoms with Crippen molar-refractivity contribution < 1.29 is 19.4 Å². The summed E-state index contributed by atoms with van der Waals surface area (Å²) in [6, 6.07) is -1.05. The minimum atomic E-state index is -1.07. The van der Waals surface area contributed by atoms with Crippen LogP contribution in [0.1, 0.15) is 40.5 Å².